The first-order chi connectivity index (χ1) is 7.26. The van der Waals surface area contributed by atoms with Crippen LogP contribution in [0.15, 0.2) is 0 Å². The quantitative estimate of drug-likeness (QED) is 0.394. The number of rotatable bonds is 8. The molecule has 0 radical (unpaired) electrons. The van der Waals surface area contributed by atoms with Gasteiger partial charge < -0.3 is 14.4 Å². The second-order valence-electron chi connectivity index (χ2n) is 3.25. The predicted octanol–water partition coefficient (Wildman–Crippen LogP) is -0.748. The van der Waals surface area contributed by atoms with E-state index >= 15 is 0 Å². The molecule has 0 aromatic heterocycles. The molecular weight excluding hydrogens is 260 g/mol. The first kappa shape index (κ1) is 15.9. The van der Waals surface area contributed by atoms with Crippen LogP contribution in [0.2, 0.25) is 0 Å². The van der Waals surface area contributed by atoms with Crippen molar-refractivity contribution in [2.24, 2.45) is 0 Å². The Bertz CT molecular complexity index is 313. The molecule has 3 N–H and O–H groups in total. The molecule has 0 spiro atoms. The van der Waals surface area contributed by atoms with Crippen LogP contribution in [-0.2, 0) is 25.9 Å². The van der Waals surface area contributed by atoms with Crippen molar-refractivity contribution in [1.29, 1.82) is 0 Å². The Hall–Kier alpha value is -0.0600. The van der Waals surface area contributed by atoms with E-state index in [-0.39, 0.29) is 13.2 Å². The van der Waals surface area contributed by atoms with E-state index in [0.29, 0.717) is 6.42 Å². The summed E-state index contributed by atoms with van der Waals surface area (Å²) in [6, 6.07) is 0. The third kappa shape index (κ3) is 8.13. The molecule has 9 heteroatoms. The van der Waals surface area contributed by atoms with E-state index in [1.807, 2.05) is 0 Å². The maximum absolute atomic E-state index is 10.7. The molecule has 0 fully saturated rings. The highest BCUT2D eigenvalue weighted by Gasteiger charge is 2.22. The van der Waals surface area contributed by atoms with Gasteiger partial charge in [0, 0.05) is 0 Å². The molecule has 0 amide bonds. The maximum Gasteiger partial charge on any atom is 0.266 e. The van der Waals surface area contributed by atoms with Gasteiger partial charge in [-0.25, -0.2) is 4.21 Å². The minimum absolute atomic E-state index is 0.0460. The van der Waals surface area contributed by atoms with Crippen LogP contribution in [0.25, 0.3) is 0 Å². The SMILES string of the molecule is CCC(O)COCC(CS(=O)(=O)O)S(=O)O. The van der Waals surface area contributed by atoms with Gasteiger partial charge in [-0.3, -0.25) is 4.55 Å². The van der Waals surface area contributed by atoms with Crippen molar-refractivity contribution < 1.29 is 31.6 Å². The number of hydrogen-bond donors (Lipinski definition) is 3. The van der Waals surface area contributed by atoms with E-state index in [2.05, 4.69) is 0 Å². The number of aliphatic hydroxyl groups excluding tert-OH is 1. The van der Waals surface area contributed by atoms with Crippen LogP contribution in [0, 0.1) is 0 Å². The van der Waals surface area contributed by atoms with Gasteiger partial charge >= 0.3 is 0 Å². The number of hydrogen-bond acceptors (Lipinski definition) is 5. The largest absolute Gasteiger partial charge is 0.391 e. The zero-order chi connectivity index (χ0) is 12.8. The summed E-state index contributed by atoms with van der Waals surface area (Å²) in [6.45, 7) is 1.36. The molecule has 0 aromatic carbocycles. The van der Waals surface area contributed by atoms with Crippen molar-refractivity contribution in [3.8, 4) is 0 Å². The van der Waals surface area contributed by atoms with Gasteiger partial charge in [-0.05, 0) is 6.42 Å². The van der Waals surface area contributed by atoms with E-state index in [0.717, 1.165) is 0 Å². The van der Waals surface area contributed by atoms with E-state index < -0.39 is 38.3 Å². The molecule has 0 saturated carbocycles. The summed E-state index contributed by atoms with van der Waals surface area (Å²) in [5.74, 6) is -0.849. The smallest absolute Gasteiger partial charge is 0.266 e. The molecule has 0 bridgehead atoms. The number of aliphatic hydroxyl groups is 1. The third-order valence-electron chi connectivity index (χ3n) is 1.77. The van der Waals surface area contributed by atoms with Crippen LogP contribution < -0.4 is 0 Å². The maximum atomic E-state index is 10.7. The Labute approximate surface area is 96.8 Å². The van der Waals surface area contributed by atoms with Crippen LogP contribution >= 0.6 is 0 Å². The summed E-state index contributed by atoms with van der Waals surface area (Å²) in [5.41, 5.74) is 0. The van der Waals surface area contributed by atoms with Crippen molar-refractivity contribution in [3.05, 3.63) is 0 Å². The summed E-state index contributed by atoms with van der Waals surface area (Å²) in [7, 11) is -4.32. The highest BCUT2D eigenvalue weighted by Crippen LogP contribution is 2.01. The molecule has 0 saturated heterocycles. The molecule has 98 valence electrons. The van der Waals surface area contributed by atoms with Gasteiger partial charge in [0.2, 0.25) is 0 Å². The van der Waals surface area contributed by atoms with Crippen molar-refractivity contribution in [2.45, 2.75) is 24.7 Å². The molecule has 3 unspecified atom stereocenters. The monoisotopic (exact) mass is 276 g/mol. The van der Waals surface area contributed by atoms with Gasteiger partial charge in [-0.15, -0.1) is 0 Å². The van der Waals surface area contributed by atoms with Crippen LogP contribution in [0.1, 0.15) is 13.3 Å². The first-order valence-corrected chi connectivity index (χ1v) is 7.34. The van der Waals surface area contributed by atoms with Crippen molar-refractivity contribution in [3.63, 3.8) is 0 Å². The third-order valence-corrected chi connectivity index (χ3v) is 3.67. The summed E-state index contributed by atoms with van der Waals surface area (Å²) < 4.78 is 53.9. The van der Waals surface area contributed by atoms with E-state index in [9.17, 15) is 12.6 Å². The molecule has 0 aliphatic rings. The standard InChI is InChI=1S/C7H16O7S2/c1-2-6(8)3-14-4-7(15(9)10)5-16(11,12)13/h6-8H,2-5H2,1H3,(H,9,10)(H,11,12,13). The second kappa shape index (κ2) is 7.30. The Morgan fingerprint density at radius 2 is 1.94 bits per heavy atom. The van der Waals surface area contributed by atoms with Crippen molar-refractivity contribution in [1.82, 2.24) is 0 Å². The topological polar surface area (TPSA) is 121 Å². The van der Waals surface area contributed by atoms with Gasteiger partial charge in [-0.2, -0.15) is 8.42 Å². The normalized spacial score (nSPS) is 18.0. The zero-order valence-electron chi connectivity index (χ0n) is 8.77. The summed E-state index contributed by atoms with van der Waals surface area (Å²) in [4.78, 5) is 0. The minimum atomic E-state index is -4.32. The highest BCUT2D eigenvalue weighted by molar-refractivity contribution is 7.87. The number of ether oxygens (including phenoxy) is 1. The lowest BCUT2D eigenvalue weighted by molar-refractivity contribution is 0.0362. The van der Waals surface area contributed by atoms with E-state index in [1.165, 1.54) is 0 Å². The van der Waals surface area contributed by atoms with Crippen molar-refractivity contribution >= 4 is 21.2 Å². The van der Waals surface area contributed by atoms with Crippen LogP contribution in [0.3, 0.4) is 0 Å². The fourth-order valence-electron chi connectivity index (χ4n) is 0.853. The van der Waals surface area contributed by atoms with Crippen LogP contribution in [0.5, 0.6) is 0 Å². The first-order valence-electron chi connectivity index (χ1n) is 4.57. The Balaban J connectivity index is 4.11. The minimum Gasteiger partial charge on any atom is -0.391 e. The fourth-order valence-corrected chi connectivity index (χ4v) is 2.61. The molecule has 7 nitrogen and oxygen atoms in total. The molecule has 16 heavy (non-hydrogen) atoms. The molecule has 0 heterocycles. The average molecular weight is 276 g/mol. The lowest BCUT2D eigenvalue weighted by Crippen LogP contribution is -2.31. The predicted molar refractivity (Wildman–Crippen MR) is 58.1 cm³/mol. The van der Waals surface area contributed by atoms with Crippen LogP contribution in [-0.4, -0.2) is 57.2 Å². The highest BCUT2D eigenvalue weighted by atomic mass is 32.2. The lowest BCUT2D eigenvalue weighted by Gasteiger charge is -2.13. The van der Waals surface area contributed by atoms with Gasteiger partial charge in [0.05, 0.1) is 25.1 Å². The molecule has 0 aliphatic heterocycles. The molecule has 0 aliphatic carbocycles. The average Bonchev–Trinajstić information content (AvgIpc) is 2.13. The van der Waals surface area contributed by atoms with Gasteiger partial charge in [0.25, 0.3) is 10.1 Å². The van der Waals surface area contributed by atoms with Crippen LogP contribution in [0.4, 0.5) is 0 Å². The van der Waals surface area contributed by atoms with E-state index in [4.69, 9.17) is 18.9 Å². The van der Waals surface area contributed by atoms with Crippen molar-refractivity contribution in [2.75, 3.05) is 19.0 Å². The molecular formula is C7H16O7S2. The Morgan fingerprint density at radius 1 is 1.38 bits per heavy atom. The summed E-state index contributed by atoms with van der Waals surface area (Å²) >= 11 is -2.41. The van der Waals surface area contributed by atoms with Gasteiger partial charge in [-0.1, -0.05) is 6.92 Å². The second-order valence-corrected chi connectivity index (χ2v) is 5.96. The lowest BCUT2D eigenvalue weighted by atomic mass is 10.3. The summed E-state index contributed by atoms with van der Waals surface area (Å²) in [5, 5.41) is 7.89. The molecule has 3 atom stereocenters. The summed E-state index contributed by atoms with van der Waals surface area (Å²) in [6.07, 6.45) is -0.232. The Morgan fingerprint density at radius 3 is 2.31 bits per heavy atom. The fraction of sp³-hybridized carbons (Fsp3) is 1.00. The van der Waals surface area contributed by atoms with E-state index in [1.54, 1.807) is 6.92 Å². The molecule has 0 aromatic rings. The zero-order valence-corrected chi connectivity index (χ0v) is 10.4. The van der Waals surface area contributed by atoms with Gasteiger partial charge in [0.1, 0.15) is 5.25 Å². The van der Waals surface area contributed by atoms with Gasteiger partial charge in [0.15, 0.2) is 11.1 Å². The Kier molecular flexibility index (Phi) is 7.27. The molecule has 0 rings (SSSR count).